The monoisotopic (exact) mass is 434 g/mol. The number of carbonyl (C=O) groups is 2. The molecule has 3 aliphatic rings. The molecule has 8 nitrogen and oxygen atoms in total. The summed E-state index contributed by atoms with van der Waals surface area (Å²) >= 11 is 0. The summed E-state index contributed by atoms with van der Waals surface area (Å²) in [4.78, 5) is 43.1. The summed E-state index contributed by atoms with van der Waals surface area (Å²) in [6.45, 7) is 5.29. The van der Waals surface area contributed by atoms with Crippen molar-refractivity contribution in [2.45, 2.75) is 25.7 Å². The molecule has 8 heteroatoms. The molecule has 0 aliphatic carbocycles. The Morgan fingerprint density at radius 2 is 1.62 bits per heavy atom. The number of piperidine rings is 1. The quantitative estimate of drug-likeness (QED) is 0.734. The topological polar surface area (TPSA) is 72.9 Å². The number of carbonyl (C=O) groups excluding carboxylic acids is 2. The van der Waals surface area contributed by atoms with Gasteiger partial charge in [-0.05, 0) is 37.5 Å². The second-order valence-electron chi connectivity index (χ2n) is 8.82. The SMILES string of the molecule is O=C(C1CC(=O)N(c2ccccc2)C1)N1CCN(c2ccnc(N3CCCCC3)n2)CC1. The van der Waals surface area contributed by atoms with Gasteiger partial charge in [-0.15, -0.1) is 0 Å². The summed E-state index contributed by atoms with van der Waals surface area (Å²) in [6.07, 6.45) is 5.80. The fraction of sp³-hybridized carbons (Fsp3) is 0.500. The average molecular weight is 435 g/mol. The van der Waals surface area contributed by atoms with Gasteiger partial charge < -0.3 is 19.6 Å². The van der Waals surface area contributed by atoms with Crippen LogP contribution in [0.25, 0.3) is 0 Å². The smallest absolute Gasteiger partial charge is 0.228 e. The second kappa shape index (κ2) is 9.14. The number of piperazine rings is 1. The zero-order chi connectivity index (χ0) is 21.9. The number of nitrogens with zero attached hydrogens (tertiary/aromatic N) is 6. The molecule has 1 unspecified atom stereocenters. The molecule has 2 amide bonds. The van der Waals surface area contributed by atoms with Gasteiger partial charge in [0.05, 0.1) is 5.92 Å². The molecule has 4 heterocycles. The highest BCUT2D eigenvalue weighted by molar-refractivity contribution is 6.00. The van der Waals surface area contributed by atoms with Crippen LogP contribution < -0.4 is 14.7 Å². The first kappa shape index (κ1) is 20.7. The summed E-state index contributed by atoms with van der Waals surface area (Å²) in [7, 11) is 0. The molecule has 32 heavy (non-hydrogen) atoms. The number of hydrogen-bond donors (Lipinski definition) is 0. The van der Waals surface area contributed by atoms with Crippen LogP contribution in [0, 0.1) is 5.92 Å². The van der Waals surface area contributed by atoms with Gasteiger partial charge in [0, 0.05) is 64.1 Å². The van der Waals surface area contributed by atoms with E-state index in [9.17, 15) is 9.59 Å². The number of para-hydroxylation sites is 1. The predicted octanol–water partition coefficient (Wildman–Crippen LogP) is 2.17. The van der Waals surface area contributed by atoms with Crippen LogP contribution in [-0.4, -0.2) is 72.5 Å². The van der Waals surface area contributed by atoms with Gasteiger partial charge in [-0.3, -0.25) is 9.59 Å². The van der Waals surface area contributed by atoms with Gasteiger partial charge in [-0.1, -0.05) is 18.2 Å². The van der Waals surface area contributed by atoms with Crippen molar-refractivity contribution in [2.75, 3.05) is 60.5 Å². The van der Waals surface area contributed by atoms with Crippen molar-refractivity contribution in [3.05, 3.63) is 42.6 Å². The van der Waals surface area contributed by atoms with E-state index in [2.05, 4.69) is 14.8 Å². The van der Waals surface area contributed by atoms with Crippen molar-refractivity contribution < 1.29 is 9.59 Å². The predicted molar refractivity (Wildman–Crippen MR) is 124 cm³/mol. The van der Waals surface area contributed by atoms with Crippen LogP contribution in [0.2, 0.25) is 0 Å². The summed E-state index contributed by atoms with van der Waals surface area (Å²) in [6, 6.07) is 11.6. The van der Waals surface area contributed by atoms with Gasteiger partial charge in [0.15, 0.2) is 0 Å². The minimum atomic E-state index is -0.265. The molecular formula is C24H30N6O2. The Balaban J connectivity index is 1.18. The van der Waals surface area contributed by atoms with E-state index in [1.807, 2.05) is 47.5 Å². The third-order valence-corrected chi connectivity index (χ3v) is 6.72. The molecule has 0 spiro atoms. The Morgan fingerprint density at radius 1 is 0.875 bits per heavy atom. The lowest BCUT2D eigenvalue weighted by molar-refractivity contribution is -0.136. The first-order valence-electron chi connectivity index (χ1n) is 11.7. The van der Waals surface area contributed by atoms with E-state index in [4.69, 9.17) is 4.98 Å². The molecule has 3 saturated heterocycles. The zero-order valence-corrected chi connectivity index (χ0v) is 18.4. The second-order valence-corrected chi connectivity index (χ2v) is 8.82. The first-order chi connectivity index (χ1) is 15.7. The van der Waals surface area contributed by atoms with Crippen LogP contribution >= 0.6 is 0 Å². The first-order valence-corrected chi connectivity index (χ1v) is 11.7. The van der Waals surface area contributed by atoms with Gasteiger partial charge >= 0.3 is 0 Å². The van der Waals surface area contributed by atoms with Gasteiger partial charge in [-0.25, -0.2) is 4.98 Å². The van der Waals surface area contributed by atoms with Crippen molar-refractivity contribution in [3.63, 3.8) is 0 Å². The Morgan fingerprint density at radius 3 is 2.38 bits per heavy atom. The molecule has 1 aromatic heterocycles. The van der Waals surface area contributed by atoms with Crippen LogP contribution in [0.5, 0.6) is 0 Å². The molecule has 0 N–H and O–H groups in total. The normalized spacial score (nSPS) is 21.9. The molecule has 168 valence electrons. The Kier molecular flexibility index (Phi) is 5.92. The Bertz CT molecular complexity index is 954. The minimum Gasteiger partial charge on any atom is -0.353 e. The summed E-state index contributed by atoms with van der Waals surface area (Å²) in [5, 5.41) is 0. The highest BCUT2D eigenvalue weighted by Crippen LogP contribution is 2.27. The van der Waals surface area contributed by atoms with E-state index in [0.29, 0.717) is 26.1 Å². The van der Waals surface area contributed by atoms with E-state index in [0.717, 1.165) is 43.6 Å². The number of rotatable bonds is 4. The van der Waals surface area contributed by atoms with Crippen LogP contribution in [0.3, 0.4) is 0 Å². The minimum absolute atomic E-state index is 0.0272. The maximum atomic E-state index is 13.1. The van der Waals surface area contributed by atoms with Crippen molar-refractivity contribution in [2.24, 2.45) is 5.92 Å². The van der Waals surface area contributed by atoms with Crippen molar-refractivity contribution in [3.8, 4) is 0 Å². The van der Waals surface area contributed by atoms with E-state index in [-0.39, 0.29) is 17.7 Å². The van der Waals surface area contributed by atoms with Gasteiger partial charge in [0.2, 0.25) is 17.8 Å². The van der Waals surface area contributed by atoms with Gasteiger partial charge in [-0.2, -0.15) is 4.98 Å². The molecular weight excluding hydrogens is 404 g/mol. The van der Waals surface area contributed by atoms with E-state index in [1.54, 1.807) is 4.90 Å². The number of amides is 2. The molecule has 1 atom stereocenters. The number of benzene rings is 1. The summed E-state index contributed by atoms with van der Waals surface area (Å²) in [5.74, 6) is 1.59. The maximum Gasteiger partial charge on any atom is 0.228 e. The molecule has 1 aromatic carbocycles. The third-order valence-electron chi connectivity index (χ3n) is 6.72. The van der Waals surface area contributed by atoms with E-state index < -0.39 is 0 Å². The van der Waals surface area contributed by atoms with Crippen LogP contribution in [0.4, 0.5) is 17.5 Å². The Hall–Kier alpha value is -3.16. The fourth-order valence-electron chi connectivity index (χ4n) is 4.91. The van der Waals surface area contributed by atoms with Crippen LogP contribution in [0.1, 0.15) is 25.7 Å². The molecule has 0 saturated carbocycles. The van der Waals surface area contributed by atoms with Crippen LogP contribution in [0.15, 0.2) is 42.6 Å². The average Bonchev–Trinajstić information content (AvgIpc) is 3.26. The lowest BCUT2D eigenvalue weighted by Crippen LogP contribution is -2.51. The molecule has 5 rings (SSSR count). The van der Waals surface area contributed by atoms with E-state index >= 15 is 0 Å². The lowest BCUT2D eigenvalue weighted by atomic mass is 10.1. The molecule has 3 aliphatic heterocycles. The van der Waals surface area contributed by atoms with Gasteiger partial charge in [0.25, 0.3) is 0 Å². The third kappa shape index (κ3) is 4.26. The largest absolute Gasteiger partial charge is 0.353 e. The molecule has 2 aromatic rings. The highest BCUT2D eigenvalue weighted by Gasteiger charge is 2.38. The van der Waals surface area contributed by atoms with Crippen molar-refractivity contribution >= 4 is 29.3 Å². The van der Waals surface area contributed by atoms with Crippen LogP contribution in [-0.2, 0) is 9.59 Å². The zero-order valence-electron chi connectivity index (χ0n) is 18.4. The molecule has 0 radical (unpaired) electrons. The number of hydrogen-bond acceptors (Lipinski definition) is 6. The van der Waals surface area contributed by atoms with Crippen molar-refractivity contribution in [1.82, 2.24) is 14.9 Å². The molecule has 0 bridgehead atoms. The number of aromatic nitrogens is 2. The standard InChI is InChI=1S/C24H30N6O2/c31-22-17-19(18-30(22)20-7-3-1-4-8-20)23(32)28-15-13-27(14-16-28)21-9-10-25-24(26-21)29-11-5-2-6-12-29/h1,3-4,7-10,19H,2,5-6,11-18H2. The highest BCUT2D eigenvalue weighted by atomic mass is 16.2. The summed E-state index contributed by atoms with van der Waals surface area (Å²) in [5.41, 5.74) is 0.867. The lowest BCUT2D eigenvalue weighted by Gasteiger charge is -2.37. The molecule has 3 fully saturated rings. The van der Waals surface area contributed by atoms with E-state index in [1.165, 1.54) is 19.3 Å². The van der Waals surface area contributed by atoms with Crippen molar-refractivity contribution in [1.29, 1.82) is 0 Å². The number of anilines is 3. The maximum absolute atomic E-state index is 13.1. The van der Waals surface area contributed by atoms with Gasteiger partial charge in [0.1, 0.15) is 5.82 Å². The summed E-state index contributed by atoms with van der Waals surface area (Å²) < 4.78 is 0. The Labute approximate surface area is 188 Å². The fourth-order valence-corrected chi connectivity index (χ4v) is 4.91.